The van der Waals surface area contributed by atoms with Gasteiger partial charge in [0, 0.05) is 18.7 Å². The van der Waals surface area contributed by atoms with Gasteiger partial charge in [-0.1, -0.05) is 36.4 Å². The van der Waals surface area contributed by atoms with Crippen LogP contribution in [0.2, 0.25) is 0 Å². The number of rotatable bonds is 5. The molecule has 2 rings (SSSR count). The fourth-order valence-corrected chi connectivity index (χ4v) is 2.06. The van der Waals surface area contributed by atoms with Crippen LogP contribution in [0.15, 0.2) is 48.5 Å². The fourth-order valence-electron chi connectivity index (χ4n) is 2.06. The van der Waals surface area contributed by atoms with Crippen molar-refractivity contribution in [1.29, 1.82) is 0 Å². The van der Waals surface area contributed by atoms with Gasteiger partial charge in [-0.2, -0.15) is 0 Å². The summed E-state index contributed by atoms with van der Waals surface area (Å²) in [4.78, 5) is 11.8. The van der Waals surface area contributed by atoms with Crippen LogP contribution in [0.1, 0.15) is 23.1 Å². The van der Waals surface area contributed by atoms with Crippen molar-refractivity contribution in [2.24, 2.45) is 0 Å². The van der Waals surface area contributed by atoms with Gasteiger partial charge in [-0.3, -0.25) is 4.79 Å². The van der Waals surface area contributed by atoms with E-state index in [1.54, 1.807) is 0 Å². The number of hydrogen-bond acceptors (Lipinski definition) is 2. The van der Waals surface area contributed by atoms with Crippen molar-refractivity contribution >= 4 is 11.6 Å². The number of benzene rings is 2. The average molecular weight is 268 g/mol. The topological polar surface area (TPSA) is 55.1 Å². The lowest BCUT2D eigenvalue weighted by atomic mass is 10.0. The minimum atomic E-state index is 0.0741. The third-order valence-corrected chi connectivity index (χ3v) is 3.35. The summed E-state index contributed by atoms with van der Waals surface area (Å²) in [6, 6.07) is 15.7. The summed E-state index contributed by atoms with van der Waals surface area (Å²) in [7, 11) is 0. The van der Waals surface area contributed by atoms with E-state index < -0.39 is 0 Å². The van der Waals surface area contributed by atoms with Crippen LogP contribution in [-0.2, 0) is 17.8 Å². The van der Waals surface area contributed by atoms with Crippen LogP contribution in [0.25, 0.3) is 0 Å². The van der Waals surface area contributed by atoms with Gasteiger partial charge in [0.25, 0.3) is 0 Å². The molecule has 104 valence electrons. The van der Waals surface area contributed by atoms with Gasteiger partial charge in [0.1, 0.15) is 0 Å². The highest BCUT2D eigenvalue weighted by Gasteiger charge is 2.04. The molecule has 0 aliphatic rings. The second-order valence-corrected chi connectivity index (χ2v) is 4.94. The van der Waals surface area contributed by atoms with Gasteiger partial charge >= 0.3 is 0 Å². The molecule has 3 N–H and O–H groups in total. The van der Waals surface area contributed by atoms with Crippen LogP contribution in [0.3, 0.4) is 0 Å². The lowest BCUT2D eigenvalue weighted by Crippen LogP contribution is -2.23. The molecule has 0 saturated heterocycles. The summed E-state index contributed by atoms with van der Waals surface area (Å²) in [5.41, 5.74) is 9.88. The van der Waals surface area contributed by atoms with E-state index in [4.69, 9.17) is 5.73 Å². The number of aryl methyl sites for hydroxylation is 2. The molecule has 0 saturated carbocycles. The fraction of sp³-hybridized carbons (Fsp3) is 0.235. The van der Waals surface area contributed by atoms with Crippen LogP contribution in [0.5, 0.6) is 0 Å². The van der Waals surface area contributed by atoms with Gasteiger partial charge in [0.05, 0.1) is 0 Å². The zero-order valence-electron chi connectivity index (χ0n) is 11.7. The molecule has 0 fully saturated rings. The summed E-state index contributed by atoms with van der Waals surface area (Å²) >= 11 is 0. The van der Waals surface area contributed by atoms with Gasteiger partial charge in [0.15, 0.2) is 0 Å². The maximum absolute atomic E-state index is 11.8. The van der Waals surface area contributed by atoms with Gasteiger partial charge in [-0.15, -0.1) is 0 Å². The molecule has 2 aromatic rings. The van der Waals surface area contributed by atoms with E-state index >= 15 is 0 Å². The number of anilines is 1. The normalized spacial score (nSPS) is 10.2. The highest BCUT2D eigenvalue weighted by atomic mass is 16.1. The monoisotopic (exact) mass is 268 g/mol. The highest BCUT2D eigenvalue weighted by molar-refractivity contribution is 5.76. The molecule has 0 spiro atoms. The van der Waals surface area contributed by atoms with Crippen molar-refractivity contribution in [2.75, 3.05) is 5.73 Å². The number of nitrogen functional groups attached to an aromatic ring is 1. The van der Waals surface area contributed by atoms with E-state index in [-0.39, 0.29) is 5.91 Å². The molecule has 0 bridgehead atoms. The van der Waals surface area contributed by atoms with Crippen LogP contribution in [0.4, 0.5) is 5.69 Å². The molecular weight excluding hydrogens is 248 g/mol. The molecule has 0 heterocycles. The quantitative estimate of drug-likeness (QED) is 0.819. The molecule has 1 amide bonds. The molecule has 2 aromatic carbocycles. The molecule has 0 atom stereocenters. The Morgan fingerprint density at radius 3 is 2.50 bits per heavy atom. The molecule has 3 heteroatoms. The van der Waals surface area contributed by atoms with Crippen molar-refractivity contribution in [3.05, 3.63) is 65.2 Å². The summed E-state index contributed by atoms with van der Waals surface area (Å²) in [5, 5.41) is 2.93. The van der Waals surface area contributed by atoms with Crippen molar-refractivity contribution in [3.8, 4) is 0 Å². The Kier molecular flexibility index (Phi) is 4.77. The molecule has 0 radical (unpaired) electrons. The SMILES string of the molecule is Cc1ccccc1CCC(=O)NCc1ccc(N)cc1. The smallest absolute Gasteiger partial charge is 0.220 e. The van der Waals surface area contributed by atoms with Gasteiger partial charge in [-0.05, 0) is 42.2 Å². The second kappa shape index (κ2) is 6.75. The van der Waals surface area contributed by atoms with E-state index in [9.17, 15) is 4.79 Å². The molecule has 0 aromatic heterocycles. The minimum Gasteiger partial charge on any atom is -0.399 e. The Morgan fingerprint density at radius 2 is 1.80 bits per heavy atom. The Bertz CT molecular complexity index is 576. The summed E-state index contributed by atoms with van der Waals surface area (Å²) < 4.78 is 0. The molecule has 3 nitrogen and oxygen atoms in total. The van der Waals surface area contributed by atoms with Crippen molar-refractivity contribution < 1.29 is 4.79 Å². The van der Waals surface area contributed by atoms with Crippen molar-refractivity contribution in [1.82, 2.24) is 5.32 Å². The number of amides is 1. The van der Waals surface area contributed by atoms with Crippen LogP contribution < -0.4 is 11.1 Å². The molecule has 0 unspecified atom stereocenters. The zero-order chi connectivity index (χ0) is 14.4. The molecule has 20 heavy (non-hydrogen) atoms. The third-order valence-electron chi connectivity index (χ3n) is 3.35. The van der Waals surface area contributed by atoms with E-state index in [1.807, 2.05) is 36.4 Å². The van der Waals surface area contributed by atoms with Crippen LogP contribution in [-0.4, -0.2) is 5.91 Å². The van der Waals surface area contributed by atoms with Crippen molar-refractivity contribution in [3.63, 3.8) is 0 Å². The first-order chi connectivity index (χ1) is 9.65. The average Bonchev–Trinajstić information content (AvgIpc) is 2.46. The number of carbonyl (C=O) groups is 1. The third kappa shape index (κ3) is 4.12. The Hall–Kier alpha value is -2.29. The van der Waals surface area contributed by atoms with Crippen LogP contribution >= 0.6 is 0 Å². The number of hydrogen-bond donors (Lipinski definition) is 2. The molecule has 0 aliphatic heterocycles. The van der Waals surface area contributed by atoms with Crippen LogP contribution in [0, 0.1) is 6.92 Å². The number of nitrogens with two attached hydrogens (primary N) is 1. The Balaban J connectivity index is 1.78. The Labute approximate surface area is 119 Å². The van der Waals surface area contributed by atoms with Gasteiger partial charge in [0.2, 0.25) is 5.91 Å². The highest BCUT2D eigenvalue weighted by Crippen LogP contribution is 2.09. The first-order valence-electron chi connectivity index (χ1n) is 6.81. The van der Waals surface area contributed by atoms with E-state index in [2.05, 4.69) is 24.4 Å². The van der Waals surface area contributed by atoms with E-state index in [0.29, 0.717) is 13.0 Å². The predicted molar refractivity (Wildman–Crippen MR) is 82.2 cm³/mol. The lowest BCUT2D eigenvalue weighted by molar-refractivity contribution is -0.121. The van der Waals surface area contributed by atoms with E-state index in [0.717, 1.165) is 17.7 Å². The molecule has 0 aliphatic carbocycles. The first kappa shape index (κ1) is 14.1. The lowest BCUT2D eigenvalue weighted by Gasteiger charge is -2.07. The van der Waals surface area contributed by atoms with Gasteiger partial charge < -0.3 is 11.1 Å². The molecular formula is C17H20N2O. The first-order valence-corrected chi connectivity index (χ1v) is 6.81. The predicted octanol–water partition coefficient (Wildman–Crippen LogP) is 2.83. The number of carbonyl (C=O) groups excluding carboxylic acids is 1. The standard InChI is InChI=1S/C17H20N2O/c1-13-4-2-3-5-15(13)8-11-17(20)19-12-14-6-9-16(18)10-7-14/h2-7,9-10H,8,11-12,18H2,1H3,(H,19,20). The largest absolute Gasteiger partial charge is 0.399 e. The summed E-state index contributed by atoms with van der Waals surface area (Å²) in [6.45, 7) is 2.62. The summed E-state index contributed by atoms with van der Waals surface area (Å²) in [5.74, 6) is 0.0741. The Morgan fingerprint density at radius 1 is 1.10 bits per heavy atom. The number of nitrogens with one attached hydrogen (secondary N) is 1. The second-order valence-electron chi connectivity index (χ2n) is 4.94. The maximum atomic E-state index is 11.8. The summed E-state index contributed by atoms with van der Waals surface area (Å²) in [6.07, 6.45) is 1.29. The zero-order valence-corrected chi connectivity index (χ0v) is 11.7. The maximum Gasteiger partial charge on any atom is 0.220 e. The van der Waals surface area contributed by atoms with E-state index in [1.165, 1.54) is 11.1 Å². The van der Waals surface area contributed by atoms with Gasteiger partial charge in [-0.25, -0.2) is 0 Å². The van der Waals surface area contributed by atoms with Crippen molar-refractivity contribution in [2.45, 2.75) is 26.3 Å². The minimum absolute atomic E-state index is 0.0741.